The molecule has 0 aliphatic rings. The first-order valence-corrected chi connectivity index (χ1v) is 9.01. The number of amides is 2. The number of nitrogens with two attached hydrogens (primary N) is 1. The number of rotatable bonds is 8. The van der Waals surface area contributed by atoms with Crippen LogP contribution >= 0.6 is 11.8 Å². The standard InChI is InChI=1S/C17H23N5O2S/c1-4-22(13-8-6-5-7-9-13)16(24)12(2)25-17-20-19-15(21(17)3)11-10-14(18)23/h5-9,12H,4,10-11H2,1-3H3,(H2,18,23)/t12-/m1/s1. The number of para-hydroxylation sites is 1. The van der Waals surface area contributed by atoms with E-state index in [1.54, 1.807) is 9.47 Å². The van der Waals surface area contributed by atoms with Crippen LogP contribution in [0.25, 0.3) is 0 Å². The molecule has 0 aliphatic heterocycles. The predicted octanol–water partition coefficient (Wildman–Crippen LogP) is 1.77. The van der Waals surface area contributed by atoms with Crippen LogP contribution in [-0.2, 0) is 23.1 Å². The van der Waals surface area contributed by atoms with Crippen molar-refractivity contribution in [3.63, 3.8) is 0 Å². The zero-order valence-corrected chi connectivity index (χ0v) is 15.5. The number of carbonyl (C=O) groups is 2. The van der Waals surface area contributed by atoms with E-state index >= 15 is 0 Å². The van der Waals surface area contributed by atoms with E-state index in [0.717, 1.165) is 5.69 Å². The Morgan fingerprint density at radius 2 is 1.96 bits per heavy atom. The van der Waals surface area contributed by atoms with Gasteiger partial charge in [0.25, 0.3) is 0 Å². The van der Waals surface area contributed by atoms with Gasteiger partial charge in [0.2, 0.25) is 11.8 Å². The Labute approximate surface area is 151 Å². The second-order valence-corrected chi connectivity index (χ2v) is 6.91. The van der Waals surface area contributed by atoms with Gasteiger partial charge in [-0.3, -0.25) is 9.59 Å². The molecule has 2 amide bonds. The van der Waals surface area contributed by atoms with Crippen molar-refractivity contribution in [2.24, 2.45) is 12.8 Å². The number of benzene rings is 1. The highest BCUT2D eigenvalue weighted by atomic mass is 32.2. The minimum atomic E-state index is -0.373. The lowest BCUT2D eigenvalue weighted by atomic mass is 10.2. The van der Waals surface area contributed by atoms with Crippen LogP contribution < -0.4 is 10.6 Å². The molecule has 2 aromatic rings. The van der Waals surface area contributed by atoms with Crippen molar-refractivity contribution in [3.05, 3.63) is 36.2 Å². The van der Waals surface area contributed by atoms with Gasteiger partial charge in [-0.05, 0) is 26.0 Å². The Morgan fingerprint density at radius 1 is 1.28 bits per heavy atom. The molecule has 1 aromatic carbocycles. The van der Waals surface area contributed by atoms with Crippen molar-refractivity contribution < 1.29 is 9.59 Å². The molecule has 0 unspecified atom stereocenters. The fourth-order valence-corrected chi connectivity index (χ4v) is 3.30. The van der Waals surface area contributed by atoms with Gasteiger partial charge in [-0.25, -0.2) is 0 Å². The first-order valence-electron chi connectivity index (χ1n) is 8.13. The van der Waals surface area contributed by atoms with Crippen molar-refractivity contribution in [3.8, 4) is 0 Å². The van der Waals surface area contributed by atoms with Gasteiger partial charge in [0.1, 0.15) is 5.82 Å². The summed E-state index contributed by atoms with van der Waals surface area (Å²) in [5.74, 6) is 0.318. The third-order valence-corrected chi connectivity index (χ3v) is 4.92. The van der Waals surface area contributed by atoms with Gasteiger partial charge in [-0.2, -0.15) is 0 Å². The largest absolute Gasteiger partial charge is 0.370 e. The Morgan fingerprint density at radius 3 is 2.56 bits per heavy atom. The summed E-state index contributed by atoms with van der Waals surface area (Å²) in [6.07, 6.45) is 0.662. The fourth-order valence-electron chi connectivity index (χ4n) is 2.40. The van der Waals surface area contributed by atoms with Gasteiger partial charge < -0.3 is 15.2 Å². The van der Waals surface area contributed by atoms with Gasteiger partial charge >= 0.3 is 0 Å². The predicted molar refractivity (Wildman–Crippen MR) is 98.3 cm³/mol. The van der Waals surface area contributed by atoms with Crippen molar-refractivity contribution in [2.45, 2.75) is 37.1 Å². The summed E-state index contributed by atoms with van der Waals surface area (Å²) in [5.41, 5.74) is 6.05. The molecule has 25 heavy (non-hydrogen) atoms. The minimum Gasteiger partial charge on any atom is -0.370 e. The highest BCUT2D eigenvalue weighted by Gasteiger charge is 2.24. The molecular weight excluding hydrogens is 338 g/mol. The number of thioether (sulfide) groups is 1. The molecule has 1 atom stereocenters. The molecule has 2 N–H and O–H groups in total. The lowest BCUT2D eigenvalue weighted by Crippen LogP contribution is -2.36. The quantitative estimate of drug-likeness (QED) is 0.723. The number of hydrogen-bond acceptors (Lipinski definition) is 5. The SMILES string of the molecule is CCN(C(=O)[C@@H](C)Sc1nnc(CCC(N)=O)n1C)c1ccccc1. The third-order valence-electron chi connectivity index (χ3n) is 3.80. The summed E-state index contributed by atoms with van der Waals surface area (Å²) >= 11 is 1.35. The van der Waals surface area contributed by atoms with E-state index in [0.29, 0.717) is 23.9 Å². The summed E-state index contributed by atoms with van der Waals surface area (Å²) in [7, 11) is 1.82. The zero-order chi connectivity index (χ0) is 18.4. The van der Waals surface area contributed by atoms with Crippen molar-refractivity contribution >= 4 is 29.3 Å². The van der Waals surface area contributed by atoms with Crippen LogP contribution in [-0.4, -0.2) is 38.4 Å². The molecule has 0 fully saturated rings. The first-order chi connectivity index (χ1) is 11.9. The molecular formula is C17H23N5O2S. The molecule has 0 radical (unpaired) electrons. The average Bonchev–Trinajstić information content (AvgIpc) is 2.94. The van der Waals surface area contributed by atoms with Gasteiger partial charge in [-0.1, -0.05) is 30.0 Å². The van der Waals surface area contributed by atoms with Crippen molar-refractivity contribution in [1.82, 2.24) is 14.8 Å². The maximum atomic E-state index is 12.8. The highest BCUT2D eigenvalue weighted by molar-refractivity contribution is 8.00. The molecule has 1 aromatic heterocycles. The number of hydrogen-bond donors (Lipinski definition) is 1. The van der Waals surface area contributed by atoms with Crippen LogP contribution in [0.5, 0.6) is 0 Å². The number of aromatic nitrogens is 3. The number of anilines is 1. The van der Waals surface area contributed by atoms with Gasteiger partial charge in [-0.15, -0.1) is 10.2 Å². The van der Waals surface area contributed by atoms with Crippen LogP contribution in [0.15, 0.2) is 35.5 Å². The van der Waals surface area contributed by atoms with E-state index in [4.69, 9.17) is 5.73 Å². The molecule has 0 bridgehead atoms. The topological polar surface area (TPSA) is 94.1 Å². The number of primary amides is 1. The first kappa shape index (κ1) is 19.0. The normalized spacial score (nSPS) is 12.0. The Bertz CT molecular complexity index is 732. The Balaban J connectivity index is 2.07. The van der Waals surface area contributed by atoms with E-state index in [1.165, 1.54) is 11.8 Å². The fraction of sp³-hybridized carbons (Fsp3) is 0.412. The van der Waals surface area contributed by atoms with Crippen LogP contribution in [0.1, 0.15) is 26.1 Å². The molecule has 7 nitrogen and oxygen atoms in total. The minimum absolute atomic E-state index is 0.0142. The van der Waals surface area contributed by atoms with E-state index < -0.39 is 0 Å². The average molecular weight is 361 g/mol. The van der Waals surface area contributed by atoms with Crippen molar-refractivity contribution in [2.75, 3.05) is 11.4 Å². The van der Waals surface area contributed by atoms with E-state index in [9.17, 15) is 9.59 Å². The van der Waals surface area contributed by atoms with Gasteiger partial charge in [0, 0.05) is 32.1 Å². The molecule has 1 heterocycles. The van der Waals surface area contributed by atoms with Crippen LogP contribution in [0, 0.1) is 0 Å². The molecule has 0 saturated carbocycles. The van der Waals surface area contributed by atoms with E-state index in [-0.39, 0.29) is 23.5 Å². The van der Waals surface area contributed by atoms with E-state index in [2.05, 4.69) is 10.2 Å². The molecule has 134 valence electrons. The maximum absolute atomic E-state index is 12.8. The summed E-state index contributed by atoms with van der Waals surface area (Å²) < 4.78 is 1.80. The summed E-state index contributed by atoms with van der Waals surface area (Å²) in [6, 6.07) is 9.59. The lowest BCUT2D eigenvalue weighted by Gasteiger charge is -2.24. The summed E-state index contributed by atoms with van der Waals surface area (Å²) in [4.78, 5) is 25.5. The second-order valence-electron chi connectivity index (χ2n) is 5.60. The monoisotopic (exact) mass is 361 g/mol. The summed E-state index contributed by atoms with van der Waals surface area (Å²) in [5, 5.41) is 8.54. The lowest BCUT2D eigenvalue weighted by molar-refractivity contribution is -0.118. The molecule has 8 heteroatoms. The second kappa shape index (κ2) is 8.66. The number of aryl methyl sites for hydroxylation is 1. The smallest absolute Gasteiger partial charge is 0.240 e. The summed E-state index contributed by atoms with van der Waals surface area (Å²) in [6.45, 7) is 4.40. The van der Waals surface area contributed by atoms with Gasteiger partial charge in [0.15, 0.2) is 5.16 Å². The number of nitrogens with zero attached hydrogens (tertiary/aromatic N) is 4. The Hall–Kier alpha value is -2.35. The maximum Gasteiger partial charge on any atom is 0.240 e. The molecule has 0 aliphatic carbocycles. The zero-order valence-electron chi connectivity index (χ0n) is 14.7. The van der Waals surface area contributed by atoms with Gasteiger partial charge in [0.05, 0.1) is 5.25 Å². The number of carbonyl (C=O) groups excluding carboxylic acids is 2. The molecule has 0 spiro atoms. The highest BCUT2D eigenvalue weighted by Crippen LogP contribution is 2.25. The molecule has 2 rings (SSSR count). The van der Waals surface area contributed by atoms with Crippen LogP contribution in [0.4, 0.5) is 5.69 Å². The Kier molecular flexibility index (Phi) is 6.58. The van der Waals surface area contributed by atoms with E-state index in [1.807, 2.05) is 51.2 Å². The molecule has 0 saturated heterocycles. The third kappa shape index (κ3) is 4.82. The van der Waals surface area contributed by atoms with Crippen LogP contribution in [0.2, 0.25) is 0 Å². The van der Waals surface area contributed by atoms with Crippen molar-refractivity contribution in [1.29, 1.82) is 0 Å². The van der Waals surface area contributed by atoms with Crippen LogP contribution in [0.3, 0.4) is 0 Å².